The van der Waals surface area contributed by atoms with Crippen molar-refractivity contribution in [2.75, 3.05) is 0 Å². The molecule has 0 bridgehead atoms. The van der Waals surface area contributed by atoms with Gasteiger partial charge in [0.1, 0.15) is 0 Å². The van der Waals surface area contributed by atoms with E-state index in [2.05, 4.69) is 31.2 Å². The van der Waals surface area contributed by atoms with Crippen LogP contribution in [-0.4, -0.2) is 6.10 Å². The molecule has 1 heteroatoms. The van der Waals surface area contributed by atoms with Crippen LogP contribution in [0.4, 0.5) is 0 Å². The molecular formula is C10H11O+. The van der Waals surface area contributed by atoms with E-state index in [0.29, 0.717) is 6.10 Å². The lowest BCUT2D eigenvalue weighted by atomic mass is 10.1. The maximum Gasteiger partial charge on any atom is 0.279 e. The summed E-state index contributed by atoms with van der Waals surface area (Å²) in [5.74, 6) is 0. The molecule has 1 aliphatic heterocycles. The largest absolute Gasteiger partial charge is 0.279 e. The molecule has 0 amide bonds. The standard InChI is InChI=1S/C10H11O/c1-8-2-4-9(5-3-8)6-10-7-11-10/h2-5,7,10H,6H2,1H3/q+1. The zero-order valence-electron chi connectivity index (χ0n) is 6.58. The van der Waals surface area contributed by atoms with E-state index >= 15 is 0 Å². The van der Waals surface area contributed by atoms with Crippen LogP contribution in [0.3, 0.4) is 0 Å². The van der Waals surface area contributed by atoms with Crippen LogP contribution in [-0.2, 0) is 11.2 Å². The Kier molecular flexibility index (Phi) is 1.59. The van der Waals surface area contributed by atoms with Gasteiger partial charge in [-0.15, -0.1) is 4.74 Å². The Morgan fingerprint density at radius 1 is 1.36 bits per heavy atom. The van der Waals surface area contributed by atoms with Crippen LogP contribution >= 0.6 is 0 Å². The van der Waals surface area contributed by atoms with Crippen molar-refractivity contribution in [1.29, 1.82) is 0 Å². The highest BCUT2D eigenvalue weighted by atomic mass is 16.6. The Labute approximate surface area is 67.0 Å². The van der Waals surface area contributed by atoms with Gasteiger partial charge in [0, 0.05) is 6.42 Å². The molecule has 0 saturated carbocycles. The normalized spacial score (nSPS) is 21.0. The first-order chi connectivity index (χ1) is 5.34. The first-order valence-electron chi connectivity index (χ1n) is 3.89. The molecule has 0 aliphatic carbocycles. The van der Waals surface area contributed by atoms with Crippen LogP contribution in [0.5, 0.6) is 0 Å². The lowest BCUT2D eigenvalue weighted by molar-refractivity contribution is 0.424. The van der Waals surface area contributed by atoms with E-state index in [-0.39, 0.29) is 0 Å². The van der Waals surface area contributed by atoms with Crippen LogP contribution in [0.15, 0.2) is 24.3 Å². The fourth-order valence-electron chi connectivity index (χ4n) is 1.11. The van der Waals surface area contributed by atoms with Gasteiger partial charge in [0.2, 0.25) is 0 Å². The Morgan fingerprint density at radius 3 is 2.55 bits per heavy atom. The molecule has 1 aromatic rings. The molecule has 1 aliphatic rings. The van der Waals surface area contributed by atoms with E-state index in [0.717, 1.165) is 6.42 Å². The third-order valence-corrected chi connectivity index (χ3v) is 1.89. The van der Waals surface area contributed by atoms with Crippen LogP contribution < -0.4 is 0 Å². The molecule has 0 N–H and O–H groups in total. The summed E-state index contributed by atoms with van der Waals surface area (Å²) in [5, 5.41) is 0. The third-order valence-electron chi connectivity index (χ3n) is 1.89. The Balaban J connectivity index is 2.06. The summed E-state index contributed by atoms with van der Waals surface area (Å²) in [4.78, 5) is 0. The van der Waals surface area contributed by atoms with Crippen molar-refractivity contribution in [3.05, 3.63) is 42.0 Å². The van der Waals surface area contributed by atoms with Gasteiger partial charge in [0.25, 0.3) is 12.7 Å². The maximum atomic E-state index is 5.02. The van der Waals surface area contributed by atoms with Gasteiger partial charge in [-0.1, -0.05) is 29.8 Å². The monoisotopic (exact) mass is 147 g/mol. The van der Waals surface area contributed by atoms with Gasteiger partial charge in [0.15, 0.2) is 0 Å². The minimum absolute atomic E-state index is 0.387. The number of rotatable bonds is 2. The van der Waals surface area contributed by atoms with Crippen molar-refractivity contribution in [3.63, 3.8) is 0 Å². The number of epoxide rings is 1. The minimum Gasteiger partial charge on any atom is -0.139 e. The SMILES string of the molecule is Cc1ccc(CC2[CH+]O2)cc1. The van der Waals surface area contributed by atoms with Crippen molar-refractivity contribution in [3.8, 4) is 0 Å². The van der Waals surface area contributed by atoms with Crippen LogP contribution in [0, 0.1) is 13.5 Å². The van der Waals surface area contributed by atoms with Crippen LogP contribution in [0.2, 0.25) is 0 Å². The summed E-state index contributed by atoms with van der Waals surface area (Å²) >= 11 is 0. The fraction of sp³-hybridized carbons (Fsp3) is 0.300. The maximum absolute atomic E-state index is 5.02. The molecule has 0 radical (unpaired) electrons. The highest BCUT2D eigenvalue weighted by Crippen LogP contribution is 2.20. The van der Waals surface area contributed by atoms with Gasteiger partial charge < -0.3 is 0 Å². The molecule has 1 atom stereocenters. The number of aryl methyl sites for hydroxylation is 1. The Bertz CT molecular complexity index is 234. The molecule has 1 fully saturated rings. The van der Waals surface area contributed by atoms with E-state index in [9.17, 15) is 0 Å². The first-order valence-corrected chi connectivity index (χ1v) is 3.89. The Morgan fingerprint density at radius 2 is 2.00 bits per heavy atom. The lowest BCUT2D eigenvalue weighted by Crippen LogP contribution is -1.90. The van der Waals surface area contributed by atoms with Gasteiger partial charge in [0.05, 0.1) is 0 Å². The number of hydrogen-bond donors (Lipinski definition) is 0. The van der Waals surface area contributed by atoms with E-state index in [1.54, 1.807) is 0 Å². The Hall–Kier alpha value is -0.950. The van der Waals surface area contributed by atoms with Crippen molar-refractivity contribution >= 4 is 0 Å². The zero-order chi connectivity index (χ0) is 7.68. The number of benzene rings is 1. The molecule has 1 nitrogen and oxygen atoms in total. The zero-order valence-corrected chi connectivity index (χ0v) is 6.58. The van der Waals surface area contributed by atoms with E-state index in [4.69, 9.17) is 4.74 Å². The van der Waals surface area contributed by atoms with Gasteiger partial charge in [-0.25, -0.2) is 0 Å². The predicted octanol–water partition coefficient (Wildman–Crippen LogP) is 2.10. The van der Waals surface area contributed by atoms with E-state index in [1.165, 1.54) is 11.1 Å². The van der Waals surface area contributed by atoms with Gasteiger partial charge in [-0.3, -0.25) is 0 Å². The molecule has 1 unspecified atom stereocenters. The topological polar surface area (TPSA) is 12.5 Å². The summed E-state index contributed by atoms with van der Waals surface area (Å²) in [5.41, 5.74) is 2.67. The van der Waals surface area contributed by atoms with E-state index < -0.39 is 0 Å². The quantitative estimate of drug-likeness (QED) is 0.461. The second-order valence-electron chi connectivity index (χ2n) is 3.00. The van der Waals surface area contributed by atoms with Gasteiger partial charge >= 0.3 is 0 Å². The average molecular weight is 147 g/mol. The first kappa shape index (κ1) is 6.74. The molecule has 0 aromatic heterocycles. The molecule has 1 aromatic carbocycles. The summed E-state index contributed by atoms with van der Waals surface area (Å²) < 4.78 is 5.02. The molecule has 1 heterocycles. The summed E-state index contributed by atoms with van der Waals surface area (Å²) in [6.07, 6.45) is 1.41. The second kappa shape index (κ2) is 2.59. The summed E-state index contributed by atoms with van der Waals surface area (Å²) in [6, 6.07) is 8.59. The van der Waals surface area contributed by atoms with Crippen molar-refractivity contribution in [1.82, 2.24) is 0 Å². The molecule has 11 heavy (non-hydrogen) atoms. The fourth-order valence-corrected chi connectivity index (χ4v) is 1.11. The molecular weight excluding hydrogens is 136 g/mol. The number of ether oxygens (including phenoxy) is 1. The predicted molar refractivity (Wildman–Crippen MR) is 44.1 cm³/mol. The van der Waals surface area contributed by atoms with Crippen LogP contribution in [0.1, 0.15) is 11.1 Å². The highest BCUT2D eigenvalue weighted by Gasteiger charge is 2.38. The lowest BCUT2D eigenvalue weighted by Gasteiger charge is -1.94. The third kappa shape index (κ3) is 1.75. The highest BCUT2D eigenvalue weighted by molar-refractivity contribution is 5.22. The summed E-state index contributed by atoms with van der Waals surface area (Å²) in [7, 11) is 0. The summed E-state index contributed by atoms with van der Waals surface area (Å²) in [6.45, 7) is 3.98. The van der Waals surface area contributed by atoms with Crippen molar-refractivity contribution in [2.45, 2.75) is 19.4 Å². The average Bonchev–Trinajstić information content (AvgIpc) is 2.78. The molecule has 1 saturated heterocycles. The van der Waals surface area contributed by atoms with Crippen LogP contribution in [0.25, 0.3) is 0 Å². The second-order valence-corrected chi connectivity index (χ2v) is 3.00. The van der Waals surface area contributed by atoms with Gasteiger partial charge in [-0.05, 0) is 12.5 Å². The van der Waals surface area contributed by atoms with Crippen molar-refractivity contribution < 1.29 is 4.74 Å². The molecule has 0 spiro atoms. The molecule has 2 rings (SSSR count). The minimum atomic E-state index is 0.387. The van der Waals surface area contributed by atoms with E-state index in [1.807, 2.05) is 6.61 Å². The molecule has 56 valence electrons. The van der Waals surface area contributed by atoms with Crippen molar-refractivity contribution in [2.24, 2.45) is 0 Å². The number of hydrogen-bond acceptors (Lipinski definition) is 1. The van der Waals surface area contributed by atoms with Gasteiger partial charge in [-0.2, -0.15) is 0 Å². The smallest absolute Gasteiger partial charge is 0.139 e.